The van der Waals surface area contributed by atoms with Crippen molar-refractivity contribution in [3.8, 4) is 0 Å². The third-order valence-corrected chi connectivity index (χ3v) is 1.57. The van der Waals surface area contributed by atoms with Gasteiger partial charge in [0.05, 0.1) is 6.67 Å². The minimum absolute atomic E-state index is 0.0417. The van der Waals surface area contributed by atoms with Gasteiger partial charge in [-0.15, -0.1) is 0 Å². The molecule has 0 heterocycles. The summed E-state index contributed by atoms with van der Waals surface area (Å²) in [5.74, 6) is -0.837. The summed E-state index contributed by atoms with van der Waals surface area (Å²) in [5, 5.41) is 4.65. The summed E-state index contributed by atoms with van der Waals surface area (Å²) in [5.41, 5.74) is 0.212. The van der Waals surface area contributed by atoms with Gasteiger partial charge in [0.15, 0.2) is 0 Å². The fraction of sp³-hybridized carbons (Fsp3) is 0.500. The van der Waals surface area contributed by atoms with Crippen LogP contribution in [0.2, 0.25) is 0 Å². The van der Waals surface area contributed by atoms with Gasteiger partial charge in [0.25, 0.3) is 0 Å². The van der Waals surface area contributed by atoms with Crippen LogP contribution in [0.15, 0.2) is 12.2 Å². The lowest BCUT2D eigenvalue weighted by Crippen LogP contribution is -2.37. The fourth-order valence-corrected chi connectivity index (χ4v) is 0.651. The van der Waals surface area contributed by atoms with E-state index in [4.69, 9.17) is 0 Å². The van der Waals surface area contributed by atoms with Crippen molar-refractivity contribution in [2.45, 2.75) is 20.3 Å². The molecule has 0 aliphatic heterocycles. The molecule has 0 aliphatic carbocycles. The highest BCUT2D eigenvalue weighted by atomic mass is 16.7. The first kappa shape index (κ1) is 14.9. The van der Waals surface area contributed by atoms with E-state index in [-0.39, 0.29) is 18.1 Å². The van der Waals surface area contributed by atoms with E-state index >= 15 is 0 Å². The zero-order valence-electron chi connectivity index (χ0n) is 9.87. The van der Waals surface area contributed by atoms with Crippen LogP contribution in [0.5, 0.6) is 0 Å². The summed E-state index contributed by atoms with van der Waals surface area (Å²) in [7, 11) is 0. The number of hydrogen-bond donors (Lipinski definition) is 2. The number of amides is 2. The van der Waals surface area contributed by atoms with Crippen LogP contribution < -0.4 is 10.6 Å². The Bertz CT molecular complexity index is 314. The van der Waals surface area contributed by atoms with Crippen LogP contribution in [0.4, 0.5) is 4.79 Å². The summed E-state index contributed by atoms with van der Waals surface area (Å²) < 4.78 is 9.01. The molecule has 0 aromatic carbocycles. The van der Waals surface area contributed by atoms with E-state index in [0.29, 0.717) is 6.42 Å². The van der Waals surface area contributed by atoms with Gasteiger partial charge in [-0.25, -0.2) is 9.59 Å². The Morgan fingerprint density at radius 3 is 2.35 bits per heavy atom. The number of ether oxygens (including phenoxy) is 2. The van der Waals surface area contributed by atoms with Crippen LogP contribution >= 0.6 is 0 Å². The second-order valence-electron chi connectivity index (χ2n) is 3.07. The Kier molecular flexibility index (Phi) is 7.16. The summed E-state index contributed by atoms with van der Waals surface area (Å²) in [6, 6.07) is 0. The topological polar surface area (TPSA) is 93.7 Å². The molecular formula is C10H16N2O5. The van der Waals surface area contributed by atoms with Crippen LogP contribution in [0.25, 0.3) is 0 Å². The van der Waals surface area contributed by atoms with Crippen LogP contribution in [0, 0.1) is 0 Å². The number of hydrogen-bond acceptors (Lipinski definition) is 5. The van der Waals surface area contributed by atoms with Crippen molar-refractivity contribution in [1.29, 1.82) is 0 Å². The highest BCUT2D eigenvalue weighted by molar-refractivity contribution is 5.86. The monoisotopic (exact) mass is 244 g/mol. The Balaban J connectivity index is 3.57. The van der Waals surface area contributed by atoms with Gasteiger partial charge in [-0.1, -0.05) is 13.5 Å². The van der Waals surface area contributed by atoms with E-state index in [2.05, 4.69) is 26.7 Å². The second-order valence-corrected chi connectivity index (χ2v) is 3.07. The first-order valence-electron chi connectivity index (χ1n) is 4.97. The molecule has 17 heavy (non-hydrogen) atoms. The number of esters is 1. The van der Waals surface area contributed by atoms with Gasteiger partial charge >= 0.3 is 12.1 Å². The molecule has 0 atom stereocenters. The van der Waals surface area contributed by atoms with Gasteiger partial charge in [0.2, 0.25) is 12.7 Å². The molecule has 7 heteroatoms. The molecule has 0 rings (SSSR count). The van der Waals surface area contributed by atoms with E-state index in [9.17, 15) is 14.4 Å². The summed E-state index contributed by atoms with van der Waals surface area (Å²) in [4.78, 5) is 32.6. The molecule has 0 spiro atoms. The standard InChI is InChI=1S/C10H16N2O5/c1-4-8(13)11-5-12-10(15)17-6-16-9(14)7(2)3/h2,4-6H2,1,3H3,(H,11,13)(H,12,15). The number of nitrogens with one attached hydrogen (secondary N) is 2. The Hall–Kier alpha value is -2.05. The van der Waals surface area contributed by atoms with E-state index < -0.39 is 18.9 Å². The molecular weight excluding hydrogens is 228 g/mol. The van der Waals surface area contributed by atoms with Crippen molar-refractivity contribution >= 4 is 18.0 Å². The highest BCUT2D eigenvalue weighted by Crippen LogP contribution is 1.91. The van der Waals surface area contributed by atoms with Crippen LogP contribution in [-0.4, -0.2) is 31.4 Å². The van der Waals surface area contributed by atoms with Crippen molar-refractivity contribution in [3.63, 3.8) is 0 Å². The van der Waals surface area contributed by atoms with Crippen molar-refractivity contribution < 1.29 is 23.9 Å². The molecule has 0 fully saturated rings. The maximum absolute atomic E-state index is 11.0. The molecule has 0 unspecified atom stereocenters. The molecule has 96 valence electrons. The number of rotatable bonds is 6. The number of carbonyl (C=O) groups is 3. The van der Waals surface area contributed by atoms with E-state index in [1.54, 1.807) is 6.92 Å². The smallest absolute Gasteiger partial charge is 0.411 e. The molecule has 0 saturated carbocycles. The number of carbonyl (C=O) groups excluding carboxylic acids is 3. The zero-order chi connectivity index (χ0) is 13.3. The maximum Gasteiger partial charge on any atom is 0.411 e. The molecule has 7 nitrogen and oxygen atoms in total. The van der Waals surface area contributed by atoms with Gasteiger partial charge in [0.1, 0.15) is 0 Å². The lowest BCUT2D eigenvalue weighted by Gasteiger charge is -2.08. The maximum atomic E-state index is 11.0. The van der Waals surface area contributed by atoms with E-state index in [0.717, 1.165) is 0 Å². The first-order valence-corrected chi connectivity index (χ1v) is 4.97. The highest BCUT2D eigenvalue weighted by Gasteiger charge is 2.05. The van der Waals surface area contributed by atoms with Crippen molar-refractivity contribution in [2.75, 3.05) is 13.5 Å². The van der Waals surface area contributed by atoms with Gasteiger partial charge in [-0.05, 0) is 6.92 Å². The minimum Gasteiger partial charge on any atom is -0.424 e. The van der Waals surface area contributed by atoms with Crippen molar-refractivity contribution in [1.82, 2.24) is 10.6 Å². The average molecular weight is 244 g/mol. The third-order valence-electron chi connectivity index (χ3n) is 1.57. The SMILES string of the molecule is C=C(C)C(=O)OCOC(=O)NCNC(=O)CC. The summed E-state index contributed by atoms with van der Waals surface area (Å²) >= 11 is 0. The average Bonchev–Trinajstić information content (AvgIpc) is 2.28. The van der Waals surface area contributed by atoms with Crippen molar-refractivity contribution in [2.24, 2.45) is 0 Å². The molecule has 2 amide bonds. The molecule has 0 aliphatic rings. The summed E-state index contributed by atoms with van der Waals surface area (Å²) in [6.45, 7) is 5.97. The van der Waals surface area contributed by atoms with Gasteiger partial charge < -0.3 is 20.1 Å². The second kappa shape index (κ2) is 8.14. The lowest BCUT2D eigenvalue weighted by molar-refractivity contribution is -0.146. The zero-order valence-corrected chi connectivity index (χ0v) is 9.87. The fourth-order valence-electron chi connectivity index (χ4n) is 0.651. The molecule has 0 bridgehead atoms. The Morgan fingerprint density at radius 2 is 1.82 bits per heavy atom. The molecule has 0 aromatic heterocycles. The van der Waals surface area contributed by atoms with E-state index in [1.165, 1.54) is 6.92 Å². The van der Waals surface area contributed by atoms with Gasteiger partial charge in [-0.2, -0.15) is 0 Å². The van der Waals surface area contributed by atoms with E-state index in [1.807, 2.05) is 0 Å². The normalized spacial score (nSPS) is 9.06. The quantitative estimate of drug-likeness (QED) is 0.397. The van der Waals surface area contributed by atoms with Gasteiger partial charge in [-0.3, -0.25) is 4.79 Å². The summed E-state index contributed by atoms with van der Waals surface area (Å²) in [6.07, 6.45) is -0.469. The Morgan fingerprint density at radius 1 is 1.18 bits per heavy atom. The molecule has 0 saturated heterocycles. The van der Waals surface area contributed by atoms with Crippen molar-refractivity contribution in [3.05, 3.63) is 12.2 Å². The molecule has 0 aromatic rings. The van der Waals surface area contributed by atoms with Crippen LogP contribution in [0.1, 0.15) is 20.3 Å². The minimum atomic E-state index is -0.795. The van der Waals surface area contributed by atoms with Crippen LogP contribution in [-0.2, 0) is 19.1 Å². The molecule has 2 N–H and O–H groups in total. The Labute approximate surface area is 99.1 Å². The largest absolute Gasteiger partial charge is 0.424 e. The van der Waals surface area contributed by atoms with Gasteiger partial charge in [0, 0.05) is 12.0 Å². The first-order chi connectivity index (χ1) is 7.97. The molecule has 0 radical (unpaired) electrons. The van der Waals surface area contributed by atoms with Crippen LogP contribution in [0.3, 0.4) is 0 Å². The number of alkyl carbamates (subject to hydrolysis) is 1. The predicted octanol–water partition coefficient (Wildman–Crippen LogP) is 0.273. The third kappa shape index (κ3) is 7.83. The predicted molar refractivity (Wildman–Crippen MR) is 58.7 cm³/mol. The lowest BCUT2D eigenvalue weighted by atomic mass is 10.4.